The van der Waals surface area contributed by atoms with E-state index in [1.807, 2.05) is 0 Å². The van der Waals surface area contributed by atoms with Gasteiger partial charge in [-0.1, -0.05) is 18.2 Å². The smallest absolute Gasteiger partial charge is 0.104 e. The fourth-order valence-corrected chi connectivity index (χ4v) is 2.25. The molecule has 14 heavy (non-hydrogen) atoms. The van der Waals surface area contributed by atoms with Gasteiger partial charge in [-0.2, -0.15) is 0 Å². The second-order valence-electron chi connectivity index (χ2n) is 4.08. The van der Waals surface area contributed by atoms with Crippen molar-refractivity contribution >= 4 is 16.7 Å². The lowest BCUT2D eigenvalue weighted by Gasteiger charge is -2.29. The summed E-state index contributed by atoms with van der Waals surface area (Å²) in [5, 5.41) is 1.26. The van der Waals surface area contributed by atoms with Gasteiger partial charge >= 0.3 is 0 Å². The van der Waals surface area contributed by atoms with Crippen molar-refractivity contribution in [3.8, 4) is 0 Å². The molecule has 2 nitrogen and oxygen atoms in total. The van der Waals surface area contributed by atoms with Gasteiger partial charge in [0.25, 0.3) is 0 Å². The van der Waals surface area contributed by atoms with Crippen molar-refractivity contribution < 1.29 is 0 Å². The summed E-state index contributed by atoms with van der Waals surface area (Å²) in [6.45, 7) is 0. The minimum Gasteiger partial charge on any atom is -0.385 e. The Labute approximate surface area is 83.3 Å². The van der Waals surface area contributed by atoms with Gasteiger partial charge in [-0.15, -0.1) is 0 Å². The molecule has 0 spiro atoms. The van der Waals surface area contributed by atoms with Crippen LogP contribution in [0.1, 0.15) is 25.3 Å². The van der Waals surface area contributed by atoms with Crippen LogP contribution >= 0.6 is 0 Å². The first-order valence-electron chi connectivity index (χ1n) is 5.22. The maximum absolute atomic E-state index is 6.03. The second kappa shape index (κ2) is 2.77. The molecule has 3 rings (SSSR count). The average molecular weight is 186 g/mol. The Morgan fingerprint density at radius 2 is 2.00 bits per heavy atom. The zero-order valence-corrected chi connectivity index (χ0v) is 8.11. The maximum Gasteiger partial charge on any atom is 0.104 e. The molecule has 0 atom stereocenters. The van der Waals surface area contributed by atoms with Crippen LogP contribution in [-0.4, -0.2) is 4.57 Å². The lowest BCUT2D eigenvalue weighted by molar-refractivity contribution is 0.325. The summed E-state index contributed by atoms with van der Waals surface area (Å²) in [6.07, 6.45) is 3.91. The number of hydrogen-bond donors (Lipinski definition) is 1. The highest BCUT2D eigenvalue weighted by Gasteiger charge is 2.22. The third-order valence-electron chi connectivity index (χ3n) is 3.22. The van der Waals surface area contributed by atoms with Gasteiger partial charge in [-0.05, 0) is 31.4 Å². The van der Waals surface area contributed by atoms with Crippen molar-refractivity contribution in [1.29, 1.82) is 0 Å². The van der Waals surface area contributed by atoms with Crippen LogP contribution < -0.4 is 5.73 Å². The van der Waals surface area contributed by atoms with Gasteiger partial charge < -0.3 is 10.3 Å². The minimum atomic E-state index is 0.648. The van der Waals surface area contributed by atoms with Gasteiger partial charge in [0.2, 0.25) is 0 Å². The van der Waals surface area contributed by atoms with Crippen molar-refractivity contribution in [2.75, 3.05) is 5.73 Å². The van der Waals surface area contributed by atoms with Gasteiger partial charge in [-0.3, -0.25) is 0 Å². The lowest BCUT2D eigenvalue weighted by atomic mass is 9.93. The Hall–Kier alpha value is -1.44. The van der Waals surface area contributed by atoms with E-state index in [0.717, 1.165) is 5.82 Å². The van der Waals surface area contributed by atoms with E-state index >= 15 is 0 Å². The molecule has 0 unspecified atom stereocenters. The van der Waals surface area contributed by atoms with E-state index in [2.05, 4.69) is 34.9 Å². The Morgan fingerprint density at radius 1 is 1.21 bits per heavy atom. The van der Waals surface area contributed by atoms with Gasteiger partial charge in [0.15, 0.2) is 0 Å². The molecule has 1 aromatic heterocycles. The molecule has 72 valence electrons. The predicted molar refractivity (Wildman–Crippen MR) is 59.2 cm³/mol. The molecule has 0 aliphatic heterocycles. The lowest BCUT2D eigenvalue weighted by Crippen LogP contribution is -2.18. The number of nitrogen functional groups attached to an aromatic ring is 1. The van der Waals surface area contributed by atoms with E-state index in [-0.39, 0.29) is 0 Å². The number of hydrogen-bond acceptors (Lipinski definition) is 1. The zero-order chi connectivity index (χ0) is 9.54. The summed E-state index contributed by atoms with van der Waals surface area (Å²) < 4.78 is 2.29. The topological polar surface area (TPSA) is 30.9 Å². The predicted octanol–water partition coefficient (Wildman–Crippen LogP) is 2.95. The number of nitrogens with two attached hydrogens (primary N) is 1. The first-order valence-corrected chi connectivity index (χ1v) is 5.22. The summed E-state index contributed by atoms with van der Waals surface area (Å²) in [5.41, 5.74) is 7.31. The highest BCUT2D eigenvalue weighted by molar-refractivity contribution is 5.84. The molecule has 1 aliphatic carbocycles. The molecule has 2 aromatic rings. The number of aromatic nitrogens is 1. The second-order valence-corrected chi connectivity index (χ2v) is 4.08. The molecule has 0 bridgehead atoms. The number of para-hydroxylation sites is 1. The quantitative estimate of drug-likeness (QED) is 0.729. The van der Waals surface area contributed by atoms with E-state index in [9.17, 15) is 0 Å². The van der Waals surface area contributed by atoms with Crippen molar-refractivity contribution in [2.45, 2.75) is 25.3 Å². The Kier molecular flexibility index (Phi) is 1.57. The SMILES string of the molecule is Nc1cc2ccccc2n1C1CCC1. The summed E-state index contributed by atoms with van der Waals surface area (Å²) in [6, 6.07) is 11.2. The van der Waals surface area contributed by atoms with Crippen LogP contribution in [0.4, 0.5) is 5.82 Å². The zero-order valence-electron chi connectivity index (χ0n) is 8.11. The number of anilines is 1. The van der Waals surface area contributed by atoms with Crippen LogP contribution in [0, 0.1) is 0 Å². The van der Waals surface area contributed by atoms with Gasteiger partial charge in [-0.25, -0.2) is 0 Å². The molecule has 1 aromatic carbocycles. The van der Waals surface area contributed by atoms with Crippen molar-refractivity contribution in [3.05, 3.63) is 30.3 Å². The van der Waals surface area contributed by atoms with E-state index in [0.29, 0.717) is 6.04 Å². The van der Waals surface area contributed by atoms with E-state index in [1.165, 1.54) is 30.2 Å². The molecule has 1 fully saturated rings. The van der Waals surface area contributed by atoms with E-state index in [4.69, 9.17) is 5.73 Å². The van der Waals surface area contributed by atoms with Crippen molar-refractivity contribution in [3.63, 3.8) is 0 Å². The third kappa shape index (κ3) is 0.969. The summed E-state index contributed by atoms with van der Waals surface area (Å²) in [4.78, 5) is 0. The van der Waals surface area contributed by atoms with Gasteiger partial charge in [0.1, 0.15) is 5.82 Å². The molecule has 0 saturated heterocycles. The van der Waals surface area contributed by atoms with E-state index in [1.54, 1.807) is 0 Å². The molecular formula is C12H14N2. The molecule has 1 saturated carbocycles. The first kappa shape index (κ1) is 7.92. The largest absolute Gasteiger partial charge is 0.385 e. The van der Waals surface area contributed by atoms with Crippen molar-refractivity contribution in [2.24, 2.45) is 0 Å². The van der Waals surface area contributed by atoms with Crippen molar-refractivity contribution in [1.82, 2.24) is 4.57 Å². The summed E-state index contributed by atoms with van der Waals surface area (Å²) in [5.74, 6) is 0.913. The Bertz CT molecular complexity index is 466. The normalized spacial score (nSPS) is 17.1. The summed E-state index contributed by atoms with van der Waals surface area (Å²) >= 11 is 0. The molecule has 2 N–H and O–H groups in total. The number of fused-ring (bicyclic) bond motifs is 1. The van der Waals surface area contributed by atoms with Crippen LogP contribution in [0.15, 0.2) is 30.3 Å². The van der Waals surface area contributed by atoms with Crippen LogP contribution in [0.25, 0.3) is 10.9 Å². The standard InChI is InChI=1S/C12H14N2/c13-12-8-9-4-1-2-7-11(9)14(12)10-5-3-6-10/h1-2,4,7-8,10H,3,5-6,13H2. The highest BCUT2D eigenvalue weighted by atomic mass is 15.1. The Balaban J connectivity index is 2.24. The van der Waals surface area contributed by atoms with Crippen LogP contribution in [0.2, 0.25) is 0 Å². The molecule has 0 radical (unpaired) electrons. The van der Waals surface area contributed by atoms with Crippen LogP contribution in [0.3, 0.4) is 0 Å². The Morgan fingerprint density at radius 3 is 2.71 bits per heavy atom. The molecular weight excluding hydrogens is 172 g/mol. The van der Waals surface area contributed by atoms with Gasteiger partial charge in [0, 0.05) is 16.9 Å². The fraction of sp³-hybridized carbons (Fsp3) is 0.333. The third-order valence-corrected chi connectivity index (χ3v) is 3.22. The molecule has 2 heteroatoms. The minimum absolute atomic E-state index is 0.648. The fourth-order valence-electron chi connectivity index (χ4n) is 2.25. The number of benzene rings is 1. The molecule has 1 heterocycles. The van der Waals surface area contributed by atoms with E-state index < -0.39 is 0 Å². The highest BCUT2D eigenvalue weighted by Crippen LogP contribution is 2.37. The molecule has 1 aliphatic rings. The maximum atomic E-state index is 6.03. The summed E-state index contributed by atoms with van der Waals surface area (Å²) in [7, 11) is 0. The number of nitrogens with zero attached hydrogens (tertiary/aromatic N) is 1. The average Bonchev–Trinajstić information content (AvgIpc) is 2.41. The monoisotopic (exact) mass is 186 g/mol. The van der Waals surface area contributed by atoms with Gasteiger partial charge in [0.05, 0.1) is 0 Å². The number of rotatable bonds is 1. The molecule has 0 amide bonds. The van der Waals surface area contributed by atoms with Crippen LogP contribution in [0.5, 0.6) is 0 Å². The first-order chi connectivity index (χ1) is 6.86. The van der Waals surface area contributed by atoms with Crippen LogP contribution in [-0.2, 0) is 0 Å².